The molecule has 0 aromatic rings. The van der Waals surface area contributed by atoms with Crippen LogP contribution in [0.5, 0.6) is 0 Å². The van der Waals surface area contributed by atoms with E-state index in [-0.39, 0.29) is 0 Å². The molecule has 2 fully saturated rings. The third-order valence-corrected chi connectivity index (χ3v) is 4.52. The first-order valence-corrected chi connectivity index (χ1v) is 5.98. The van der Waals surface area contributed by atoms with Gasteiger partial charge in [0.2, 0.25) is 0 Å². The molecule has 0 aliphatic heterocycles. The number of aliphatic hydroxyl groups excluding tert-OH is 2. The van der Waals surface area contributed by atoms with E-state index in [2.05, 4.69) is 6.92 Å². The van der Waals surface area contributed by atoms with Gasteiger partial charge in [0.25, 0.3) is 0 Å². The van der Waals surface area contributed by atoms with Gasteiger partial charge in [0, 0.05) is 13.2 Å². The molecule has 2 heteroatoms. The van der Waals surface area contributed by atoms with Gasteiger partial charge < -0.3 is 10.2 Å². The molecule has 2 bridgehead atoms. The van der Waals surface area contributed by atoms with Gasteiger partial charge >= 0.3 is 0 Å². The van der Waals surface area contributed by atoms with Gasteiger partial charge in [0.15, 0.2) is 0 Å². The molecule has 2 N–H and O–H groups in total. The van der Waals surface area contributed by atoms with Gasteiger partial charge in [-0.05, 0) is 55.3 Å². The predicted molar refractivity (Wildman–Crippen MR) is 55.8 cm³/mol. The van der Waals surface area contributed by atoms with Crippen molar-refractivity contribution in [3.05, 3.63) is 0 Å². The Hall–Kier alpha value is -0.0800. The minimum atomic E-state index is 0.333. The van der Waals surface area contributed by atoms with E-state index in [1.807, 2.05) is 0 Å². The van der Waals surface area contributed by atoms with Crippen molar-refractivity contribution in [1.82, 2.24) is 0 Å². The summed E-state index contributed by atoms with van der Waals surface area (Å²) in [5.41, 5.74) is 0. The normalized spacial score (nSPS) is 43.1. The molecule has 0 aromatic heterocycles. The van der Waals surface area contributed by atoms with Crippen molar-refractivity contribution < 1.29 is 10.2 Å². The molecule has 0 radical (unpaired) electrons. The molecule has 0 spiro atoms. The van der Waals surface area contributed by atoms with Gasteiger partial charge in [-0.25, -0.2) is 0 Å². The first-order chi connectivity index (χ1) is 6.76. The summed E-state index contributed by atoms with van der Waals surface area (Å²) in [5, 5.41) is 18.2. The van der Waals surface area contributed by atoms with Crippen LogP contribution in [0.25, 0.3) is 0 Å². The fourth-order valence-electron chi connectivity index (χ4n) is 3.84. The molecule has 5 atom stereocenters. The lowest BCUT2D eigenvalue weighted by Gasteiger charge is -2.32. The summed E-state index contributed by atoms with van der Waals surface area (Å²) >= 11 is 0. The van der Waals surface area contributed by atoms with Gasteiger partial charge in [-0.15, -0.1) is 0 Å². The van der Waals surface area contributed by atoms with Gasteiger partial charge in [0.05, 0.1) is 0 Å². The smallest absolute Gasteiger partial charge is 0.0459 e. The number of fused-ring (bicyclic) bond motifs is 2. The van der Waals surface area contributed by atoms with Crippen molar-refractivity contribution >= 4 is 0 Å². The zero-order chi connectivity index (χ0) is 10.1. The highest BCUT2D eigenvalue weighted by Gasteiger charge is 2.46. The van der Waals surface area contributed by atoms with Crippen molar-refractivity contribution in [2.24, 2.45) is 29.6 Å². The maximum atomic E-state index is 9.19. The molecular formula is C12H22O2. The van der Waals surface area contributed by atoms with Gasteiger partial charge in [-0.3, -0.25) is 0 Å². The van der Waals surface area contributed by atoms with E-state index in [1.165, 1.54) is 19.3 Å². The maximum Gasteiger partial charge on any atom is 0.0459 e. The largest absolute Gasteiger partial charge is 0.396 e. The number of hydrogen-bond acceptors (Lipinski definition) is 2. The molecule has 0 saturated heterocycles. The van der Waals surface area contributed by atoms with E-state index in [4.69, 9.17) is 5.11 Å². The van der Waals surface area contributed by atoms with Crippen LogP contribution in [0.15, 0.2) is 0 Å². The standard InChI is InChI=1S/C12H22O2/c1-8(7-14)11-5-9-4-10(2-3-13)12(11)6-9/h8-14H,2-7H2,1H3. The second-order valence-electron chi connectivity index (χ2n) is 5.33. The van der Waals surface area contributed by atoms with Crippen LogP contribution in [0.4, 0.5) is 0 Å². The summed E-state index contributed by atoms with van der Waals surface area (Å²) in [5.74, 6) is 3.64. The van der Waals surface area contributed by atoms with Crippen molar-refractivity contribution in [1.29, 1.82) is 0 Å². The maximum absolute atomic E-state index is 9.19. The van der Waals surface area contributed by atoms with Gasteiger partial charge in [-0.2, -0.15) is 0 Å². The minimum absolute atomic E-state index is 0.333. The van der Waals surface area contributed by atoms with E-state index in [9.17, 15) is 5.11 Å². The van der Waals surface area contributed by atoms with Crippen LogP contribution < -0.4 is 0 Å². The Kier molecular flexibility index (Phi) is 3.13. The summed E-state index contributed by atoms with van der Waals surface area (Å²) in [6, 6.07) is 0. The molecule has 2 aliphatic carbocycles. The Morgan fingerprint density at radius 2 is 2.00 bits per heavy atom. The Morgan fingerprint density at radius 1 is 1.21 bits per heavy atom. The van der Waals surface area contributed by atoms with Crippen LogP contribution in [0, 0.1) is 29.6 Å². The molecule has 0 aromatic carbocycles. The number of rotatable bonds is 4. The van der Waals surface area contributed by atoms with Gasteiger partial charge in [0.1, 0.15) is 0 Å². The SMILES string of the molecule is CC(CO)C1CC2CC(CCO)C1C2. The summed E-state index contributed by atoms with van der Waals surface area (Å²) in [4.78, 5) is 0. The highest BCUT2D eigenvalue weighted by molar-refractivity contribution is 4.96. The van der Waals surface area contributed by atoms with E-state index < -0.39 is 0 Å². The van der Waals surface area contributed by atoms with Crippen LogP contribution in [-0.4, -0.2) is 23.4 Å². The van der Waals surface area contributed by atoms with E-state index in [0.29, 0.717) is 19.1 Å². The second kappa shape index (κ2) is 4.19. The lowest BCUT2D eigenvalue weighted by Crippen LogP contribution is -2.27. The minimum Gasteiger partial charge on any atom is -0.396 e. The first-order valence-electron chi connectivity index (χ1n) is 5.98. The highest BCUT2D eigenvalue weighted by Crippen LogP contribution is 2.54. The molecular weight excluding hydrogens is 176 g/mol. The number of aliphatic hydroxyl groups is 2. The molecule has 2 nitrogen and oxygen atoms in total. The Balaban J connectivity index is 1.96. The van der Waals surface area contributed by atoms with Crippen LogP contribution in [0.1, 0.15) is 32.6 Å². The van der Waals surface area contributed by atoms with Crippen LogP contribution in [0.2, 0.25) is 0 Å². The van der Waals surface area contributed by atoms with E-state index in [1.54, 1.807) is 0 Å². The quantitative estimate of drug-likeness (QED) is 0.721. The Labute approximate surface area is 86.3 Å². The Morgan fingerprint density at radius 3 is 2.57 bits per heavy atom. The molecule has 82 valence electrons. The van der Waals surface area contributed by atoms with Crippen molar-refractivity contribution in [3.63, 3.8) is 0 Å². The summed E-state index contributed by atoms with van der Waals surface area (Å²) in [6.45, 7) is 2.84. The molecule has 14 heavy (non-hydrogen) atoms. The third-order valence-electron chi connectivity index (χ3n) is 4.52. The molecule has 2 rings (SSSR count). The monoisotopic (exact) mass is 198 g/mol. The van der Waals surface area contributed by atoms with Crippen LogP contribution >= 0.6 is 0 Å². The zero-order valence-electron chi connectivity index (χ0n) is 9.02. The predicted octanol–water partition coefficient (Wildman–Crippen LogP) is 1.66. The molecule has 5 unspecified atom stereocenters. The lowest BCUT2D eigenvalue weighted by atomic mass is 9.74. The summed E-state index contributed by atoms with van der Waals surface area (Å²) in [7, 11) is 0. The van der Waals surface area contributed by atoms with Crippen LogP contribution in [0.3, 0.4) is 0 Å². The second-order valence-corrected chi connectivity index (χ2v) is 5.33. The van der Waals surface area contributed by atoms with Gasteiger partial charge in [-0.1, -0.05) is 6.92 Å². The highest BCUT2D eigenvalue weighted by atomic mass is 16.3. The third kappa shape index (κ3) is 1.70. The first kappa shape index (κ1) is 10.4. The zero-order valence-corrected chi connectivity index (χ0v) is 9.02. The average Bonchev–Trinajstić information content (AvgIpc) is 2.76. The molecule has 0 amide bonds. The fraction of sp³-hybridized carbons (Fsp3) is 1.00. The molecule has 2 aliphatic rings. The summed E-state index contributed by atoms with van der Waals surface area (Å²) < 4.78 is 0. The van der Waals surface area contributed by atoms with Crippen molar-refractivity contribution in [2.45, 2.75) is 32.6 Å². The van der Waals surface area contributed by atoms with E-state index in [0.717, 1.165) is 30.1 Å². The van der Waals surface area contributed by atoms with Crippen molar-refractivity contribution in [2.75, 3.05) is 13.2 Å². The lowest BCUT2D eigenvalue weighted by molar-refractivity contribution is 0.108. The van der Waals surface area contributed by atoms with Crippen LogP contribution in [-0.2, 0) is 0 Å². The number of hydrogen-bond donors (Lipinski definition) is 2. The molecule has 2 saturated carbocycles. The fourth-order valence-corrected chi connectivity index (χ4v) is 3.84. The summed E-state index contributed by atoms with van der Waals surface area (Å²) in [6.07, 6.45) is 5.00. The molecule has 0 heterocycles. The average molecular weight is 198 g/mol. The Bertz CT molecular complexity index is 193. The van der Waals surface area contributed by atoms with Crippen molar-refractivity contribution in [3.8, 4) is 0 Å². The topological polar surface area (TPSA) is 40.5 Å². The van der Waals surface area contributed by atoms with E-state index >= 15 is 0 Å².